The molecule has 1 saturated carbocycles. The Kier molecular flexibility index (Phi) is 5.96. The summed E-state index contributed by atoms with van der Waals surface area (Å²) in [4.78, 5) is 11.6. The van der Waals surface area contributed by atoms with E-state index in [9.17, 15) is 4.79 Å². The van der Waals surface area contributed by atoms with E-state index in [2.05, 4.69) is 19.2 Å². The predicted octanol–water partition coefficient (Wildman–Crippen LogP) is 2.89. The van der Waals surface area contributed by atoms with Crippen LogP contribution in [0.4, 0.5) is 0 Å². The van der Waals surface area contributed by atoms with Crippen molar-refractivity contribution in [1.82, 2.24) is 5.32 Å². The number of hydrogen-bond acceptors (Lipinski definition) is 3. The fraction of sp³-hybridized carbons (Fsp3) is 0.929. The Morgan fingerprint density at radius 3 is 2.76 bits per heavy atom. The average Bonchev–Trinajstić information content (AvgIpc) is 2.36. The SMILES string of the molecule is CCCNC1(CC(=O)OC)CCCCC1CC. The summed E-state index contributed by atoms with van der Waals surface area (Å²) in [5.74, 6) is 0.538. The Balaban J connectivity index is 2.77. The highest BCUT2D eigenvalue weighted by molar-refractivity contribution is 5.70. The minimum absolute atomic E-state index is 0.00387. The van der Waals surface area contributed by atoms with Gasteiger partial charge in [-0.25, -0.2) is 0 Å². The van der Waals surface area contributed by atoms with Crippen LogP contribution >= 0.6 is 0 Å². The molecule has 0 aromatic carbocycles. The van der Waals surface area contributed by atoms with E-state index in [0.717, 1.165) is 25.8 Å². The maximum absolute atomic E-state index is 11.6. The minimum Gasteiger partial charge on any atom is -0.469 e. The lowest BCUT2D eigenvalue weighted by Gasteiger charge is -2.44. The van der Waals surface area contributed by atoms with Crippen molar-refractivity contribution in [3.8, 4) is 0 Å². The summed E-state index contributed by atoms with van der Waals surface area (Å²) in [5.41, 5.74) is -0.00387. The van der Waals surface area contributed by atoms with Gasteiger partial charge in [-0.1, -0.05) is 33.1 Å². The van der Waals surface area contributed by atoms with Crippen LogP contribution in [-0.4, -0.2) is 25.2 Å². The largest absolute Gasteiger partial charge is 0.469 e. The first-order chi connectivity index (χ1) is 8.18. The standard InChI is InChI=1S/C14H27NO2/c1-4-10-15-14(11-13(16)17-3)9-7-6-8-12(14)5-2/h12,15H,4-11H2,1-3H3. The second kappa shape index (κ2) is 7.00. The van der Waals surface area contributed by atoms with Gasteiger partial charge in [0, 0.05) is 5.54 Å². The lowest BCUT2D eigenvalue weighted by molar-refractivity contribution is -0.143. The van der Waals surface area contributed by atoms with Gasteiger partial charge in [0.1, 0.15) is 0 Å². The molecule has 0 bridgehead atoms. The highest BCUT2D eigenvalue weighted by Crippen LogP contribution is 2.38. The van der Waals surface area contributed by atoms with E-state index < -0.39 is 0 Å². The zero-order chi connectivity index (χ0) is 12.7. The predicted molar refractivity (Wildman–Crippen MR) is 69.9 cm³/mol. The Bertz CT molecular complexity index is 242. The Morgan fingerprint density at radius 2 is 2.18 bits per heavy atom. The summed E-state index contributed by atoms with van der Waals surface area (Å²) >= 11 is 0. The van der Waals surface area contributed by atoms with Crippen LogP contribution in [0.5, 0.6) is 0 Å². The van der Waals surface area contributed by atoms with Gasteiger partial charge in [0.25, 0.3) is 0 Å². The van der Waals surface area contributed by atoms with Gasteiger partial charge in [-0.05, 0) is 31.7 Å². The summed E-state index contributed by atoms with van der Waals surface area (Å²) in [6.07, 6.45) is 7.67. The van der Waals surface area contributed by atoms with Crippen LogP contribution in [0.2, 0.25) is 0 Å². The van der Waals surface area contributed by atoms with Gasteiger partial charge in [0.2, 0.25) is 0 Å². The van der Waals surface area contributed by atoms with E-state index >= 15 is 0 Å². The molecule has 1 fully saturated rings. The van der Waals surface area contributed by atoms with E-state index in [1.807, 2.05) is 0 Å². The normalized spacial score (nSPS) is 29.0. The van der Waals surface area contributed by atoms with E-state index in [4.69, 9.17) is 4.74 Å². The highest BCUT2D eigenvalue weighted by atomic mass is 16.5. The third-order valence-electron chi connectivity index (χ3n) is 4.11. The number of nitrogens with one attached hydrogen (secondary N) is 1. The van der Waals surface area contributed by atoms with E-state index in [-0.39, 0.29) is 11.5 Å². The summed E-state index contributed by atoms with van der Waals surface area (Å²) in [6.45, 7) is 5.39. The summed E-state index contributed by atoms with van der Waals surface area (Å²) in [5, 5.41) is 3.65. The van der Waals surface area contributed by atoms with Gasteiger partial charge in [0.05, 0.1) is 13.5 Å². The van der Waals surface area contributed by atoms with Crippen molar-refractivity contribution in [3.05, 3.63) is 0 Å². The third-order valence-corrected chi connectivity index (χ3v) is 4.11. The maximum Gasteiger partial charge on any atom is 0.307 e. The van der Waals surface area contributed by atoms with Gasteiger partial charge in [-0.3, -0.25) is 4.79 Å². The van der Waals surface area contributed by atoms with Crippen molar-refractivity contribution in [2.45, 2.75) is 64.3 Å². The molecular weight excluding hydrogens is 214 g/mol. The molecule has 2 unspecified atom stereocenters. The topological polar surface area (TPSA) is 38.3 Å². The molecule has 0 aliphatic heterocycles. The van der Waals surface area contributed by atoms with Gasteiger partial charge in [-0.15, -0.1) is 0 Å². The molecular formula is C14H27NO2. The molecule has 0 radical (unpaired) electrons. The number of carbonyl (C=O) groups excluding carboxylic acids is 1. The second-order valence-electron chi connectivity index (χ2n) is 5.19. The first kappa shape index (κ1) is 14.5. The molecule has 1 N–H and O–H groups in total. The first-order valence-corrected chi connectivity index (χ1v) is 7.00. The third kappa shape index (κ3) is 3.70. The number of carbonyl (C=O) groups is 1. The quantitative estimate of drug-likeness (QED) is 0.727. The van der Waals surface area contributed by atoms with Crippen molar-refractivity contribution in [2.75, 3.05) is 13.7 Å². The van der Waals surface area contributed by atoms with Gasteiger partial charge >= 0.3 is 5.97 Å². The van der Waals surface area contributed by atoms with E-state index in [1.165, 1.54) is 26.4 Å². The van der Waals surface area contributed by atoms with Crippen LogP contribution in [-0.2, 0) is 9.53 Å². The zero-order valence-corrected chi connectivity index (χ0v) is 11.6. The average molecular weight is 241 g/mol. The lowest BCUT2D eigenvalue weighted by atomic mass is 9.69. The summed E-state index contributed by atoms with van der Waals surface area (Å²) < 4.78 is 4.87. The molecule has 1 rings (SSSR count). The van der Waals surface area contributed by atoms with Crippen LogP contribution in [0, 0.1) is 5.92 Å². The number of methoxy groups -OCH3 is 1. The number of rotatable bonds is 6. The van der Waals surface area contributed by atoms with Crippen molar-refractivity contribution in [3.63, 3.8) is 0 Å². The number of ether oxygens (including phenoxy) is 1. The van der Waals surface area contributed by atoms with Crippen molar-refractivity contribution in [1.29, 1.82) is 0 Å². The molecule has 100 valence electrons. The molecule has 0 amide bonds. The number of hydrogen-bond donors (Lipinski definition) is 1. The molecule has 1 aliphatic rings. The Morgan fingerprint density at radius 1 is 1.41 bits per heavy atom. The molecule has 17 heavy (non-hydrogen) atoms. The van der Waals surface area contributed by atoms with Crippen LogP contribution in [0.1, 0.15) is 58.8 Å². The molecule has 3 nitrogen and oxygen atoms in total. The van der Waals surface area contributed by atoms with Gasteiger partial charge in [0.15, 0.2) is 0 Å². The van der Waals surface area contributed by atoms with Gasteiger partial charge < -0.3 is 10.1 Å². The lowest BCUT2D eigenvalue weighted by Crippen LogP contribution is -2.54. The first-order valence-electron chi connectivity index (χ1n) is 7.00. The zero-order valence-electron chi connectivity index (χ0n) is 11.6. The molecule has 0 heterocycles. The molecule has 0 aromatic rings. The van der Waals surface area contributed by atoms with Crippen LogP contribution in [0.25, 0.3) is 0 Å². The monoisotopic (exact) mass is 241 g/mol. The summed E-state index contributed by atoms with van der Waals surface area (Å²) in [7, 11) is 1.49. The van der Waals surface area contributed by atoms with Crippen LogP contribution < -0.4 is 5.32 Å². The van der Waals surface area contributed by atoms with E-state index in [1.54, 1.807) is 0 Å². The van der Waals surface area contributed by atoms with Crippen LogP contribution in [0.15, 0.2) is 0 Å². The molecule has 3 heteroatoms. The highest BCUT2D eigenvalue weighted by Gasteiger charge is 2.40. The molecule has 2 atom stereocenters. The smallest absolute Gasteiger partial charge is 0.307 e. The molecule has 0 aromatic heterocycles. The van der Waals surface area contributed by atoms with Crippen molar-refractivity contribution in [2.24, 2.45) is 5.92 Å². The molecule has 1 aliphatic carbocycles. The van der Waals surface area contributed by atoms with Crippen molar-refractivity contribution >= 4 is 5.97 Å². The van der Waals surface area contributed by atoms with Crippen molar-refractivity contribution < 1.29 is 9.53 Å². The Labute approximate surface area is 105 Å². The van der Waals surface area contributed by atoms with Crippen LogP contribution in [0.3, 0.4) is 0 Å². The fourth-order valence-electron chi connectivity index (χ4n) is 3.14. The fourth-order valence-corrected chi connectivity index (χ4v) is 3.14. The Hall–Kier alpha value is -0.570. The second-order valence-corrected chi connectivity index (χ2v) is 5.19. The summed E-state index contributed by atoms with van der Waals surface area (Å²) in [6, 6.07) is 0. The maximum atomic E-state index is 11.6. The number of esters is 1. The molecule has 0 spiro atoms. The molecule has 0 saturated heterocycles. The van der Waals surface area contributed by atoms with Gasteiger partial charge in [-0.2, -0.15) is 0 Å². The van der Waals surface area contributed by atoms with E-state index in [0.29, 0.717) is 12.3 Å². The minimum atomic E-state index is -0.0750.